The summed E-state index contributed by atoms with van der Waals surface area (Å²) in [7, 11) is 0. The number of anilines is 1. The molecule has 18 heavy (non-hydrogen) atoms. The Bertz CT molecular complexity index is 447. The molecule has 4 nitrogen and oxygen atoms in total. The summed E-state index contributed by atoms with van der Waals surface area (Å²) in [4.78, 5) is 24.1. The van der Waals surface area contributed by atoms with Gasteiger partial charge in [0.05, 0.1) is 6.42 Å². The number of hydrogen-bond donors (Lipinski definition) is 1. The van der Waals surface area contributed by atoms with E-state index < -0.39 is 5.97 Å². The van der Waals surface area contributed by atoms with Crippen LogP contribution >= 0.6 is 0 Å². The predicted octanol–water partition coefficient (Wildman–Crippen LogP) is 2.46. The number of aliphatic carboxylic acids is 1. The van der Waals surface area contributed by atoms with Gasteiger partial charge in [0.15, 0.2) is 0 Å². The first-order valence-electron chi connectivity index (χ1n) is 5.74. The molecule has 4 heteroatoms. The lowest BCUT2D eigenvalue weighted by molar-refractivity contribution is -0.136. The molecule has 0 saturated heterocycles. The lowest BCUT2D eigenvalue weighted by atomic mass is 10.2. The number of rotatable bonds is 5. The minimum atomic E-state index is -0.916. The second kappa shape index (κ2) is 6.59. The van der Waals surface area contributed by atoms with Gasteiger partial charge in [-0.05, 0) is 26.0 Å². The van der Waals surface area contributed by atoms with Gasteiger partial charge in [-0.2, -0.15) is 0 Å². The van der Waals surface area contributed by atoms with Crippen molar-refractivity contribution in [2.24, 2.45) is 0 Å². The van der Waals surface area contributed by atoms with Crippen molar-refractivity contribution in [1.82, 2.24) is 0 Å². The highest BCUT2D eigenvalue weighted by Gasteiger charge is 2.14. The highest BCUT2D eigenvalue weighted by molar-refractivity contribution is 6.02. The molecule has 0 radical (unpaired) electrons. The van der Waals surface area contributed by atoms with Crippen molar-refractivity contribution in [2.75, 3.05) is 11.4 Å². The molecule has 0 saturated carbocycles. The van der Waals surface area contributed by atoms with E-state index in [4.69, 9.17) is 5.11 Å². The third-order valence-electron chi connectivity index (χ3n) is 2.30. The molecule has 1 N–H and O–H groups in total. The fraction of sp³-hybridized carbons (Fsp3) is 0.286. The first-order chi connectivity index (χ1) is 8.50. The number of carboxylic acids is 1. The average Bonchev–Trinajstić information content (AvgIpc) is 2.29. The van der Waals surface area contributed by atoms with E-state index in [1.807, 2.05) is 32.0 Å². The Labute approximate surface area is 107 Å². The molecule has 1 aromatic rings. The second-order valence-electron chi connectivity index (χ2n) is 4.19. The number of carboxylic acid groups (broad SMARTS) is 1. The molecule has 0 fully saturated rings. The van der Waals surface area contributed by atoms with E-state index in [1.54, 1.807) is 12.1 Å². The highest BCUT2D eigenvalue weighted by atomic mass is 16.4. The van der Waals surface area contributed by atoms with E-state index in [1.165, 1.54) is 11.0 Å². The predicted molar refractivity (Wildman–Crippen MR) is 70.5 cm³/mol. The summed E-state index contributed by atoms with van der Waals surface area (Å²) >= 11 is 0. The Hall–Kier alpha value is -2.10. The number of carbonyl (C=O) groups is 2. The molecule has 96 valence electrons. The van der Waals surface area contributed by atoms with Crippen LogP contribution in [0.1, 0.15) is 20.3 Å². The molecular formula is C14H17NO3. The second-order valence-corrected chi connectivity index (χ2v) is 4.19. The van der Waals surface area contributed by atoms with Gasteiger partial charge in [-0.15, -0.1) is 0 Å². The molecule has 0 aliphatic rings. The van der Waals surface area contributed by atoms with Gasteiger partial charge < -0.3 is 10.0 Å². The number of amides is 1. The van der Waals surface area contributed by atoms with Crippen LogP contribution in [0.4, 0.5) is 5.69 Å². The number of benzene rings is 1. The maximum Gasteiger partial charge on any atom is 0.305 e. The van der Waals surface area contributed by atoms with Crippen molar-refractivity contribution in [1.29, 1.82) is 0 Å². The van der Waals surface area contributed by atoms with Gasteiger partial charge in [-0.3, -0.25) is 9.59 Å². The third-order valence-corrected chi connectivity index (χ3v) is 2.30. The molecule has 1 aromatic carbocycles. The van der Waals surface area contributed by atoms with E-state index in [0.29, 0.717) is 5.69 Å². The van der Waals surface area contributed by atoms with Crippen LogP contribution in [0.5, 0.6) is 0 Å². The number of allylic oxidation sites excluding steroid dienone is 1. The van der Waals surface area contributed by atoms with Gasteiger partial charge in [0.1, 0.15) is 0 Å². The van der Waals surface area contributed by atoms with E-state index in [2.05, 4.69) is 0 Å². The van der Waals surface area contributed by atoms with Crippen molar-refractivity contribution in [2.45, 2.75) is 20.3 Å². The first-order valence-corrected chi connectivity index (χ1v) is 5.74. The van der Waals surface area contributed by atoms with E-state index in [-0.39, 0.29) is 18.9 Å². The number of carbonyl (C=O) groups excluding carboxylic acids is 1. The molecule has 0 heterocycles. The van der Waals surface area contributed by atoms with Crippen molar-refractivity contribution < 1.29 is 14.7 Å². The Morgan fingerprint density at radius 3 is 2.33 bits per heavy atom. The molecular weight excluding hydrogens is 230 g/mol. The molecule has 0 aliphatic heterocycles. The van der Waals surface area contributed by atoms with Gasteiger partial charge in [0.25, 0.3) is 5.91 Å². The lowest BCUT2D eigenvalue weighted by Crippen LogP contribution is -2.31. The maximum absolute atomic E-state index is 12.0. The smallest absolute Gasteiger partial charge is 0.305 e. The Morgan fingerprint density at radius 1 is 1.22 bits per heavy atom. The standard InChI is InChI=1S/C14H17NO3/c1-11(2)10-13(16)15(9-8-14(17)18)12-6-4-3-5-7-12/h3-7,10H,8-9H2,1-2H3,(H,17,18). The number of nitrogens with zero attached hydrogens (tertiary/aromatic N) is 1. The zero-order valence-corrected chi connectivity index (χ0v) is 10.6. The van der Waals surface area contributed by atoms with Gasteiger partial charge in [0.2, 0.25) is 0 Å². The maximum atomic E-state index is 12.0. The monoisotopic (exact) mass is 247 g/mol. The molecule has 1 rings (SSSR count). The zero-order chi connectivity index (χ0) is 13.5. The van der Waals surface area contributed by atoms with Crippen LogP contribution in [0.2, 0.25) is 0 Å². The van der Waals surface area contributed by atoms with Crippen LogP contribution in [0.25, 0.3) is 0 Å². The van der Waals surface area contributed by atoms with E-state index in [9.17, 15) is 9.59 Å². The normalized spacial score (nSPS) is 9.67. The first kappa shape index (κ1) is 14.0. The van der Waals surface area contributed by atoms with Crippen LogP contribution in [-0.4, -0.2) is 23.5 Å². The van der Waals surface area contributed by atoms with Crippen molar-refractivity contribution in [3.63, 3.8) is 0 Å². The molecule has 0 aromatic heterocycles. The minimum Gasteiger partial charge on any atom is -0.481 e. The summed E-state index contributed by atoms with van der Waals surface area (Å²) in [6.07, 6.45) is 1.44. The highest BCUT2D eigenvalue weighted by Crippen LogP contribution is 2.14. The van der Waals surface area contributed by atoms with Gasteiger partial charge >= 0.3 is 5.97 Å². The summed E-state index contributed by atoms with van der Waals surface area (Å²) in [5.74, 6) is -1.11. The Morgan fingerprint density at radius 2 is 1.83 bits per heavy atom. The van der Waals surface area contributed by atoms with Crippen molar-refractivity contribution in [3.8, 4) is 0 Å². The molecule has 0 aliphatic carbocycles. The minimum absolute atomic E-state index is 0.0722. The van der Waals surface area contributed by atoms with Crippen LogP contribution in [0.15, 0.2) is 42.0 Å². The summed E-state index contributed by atoms with van der Waals surface area (Å²) < 4.78 is 0. The fourth-order valence-corrected chi connectivity index (χ4v) is 1.51. The number of para-hydroxylation sites is 1. The van der Waals surface area contributed by atoms with Crippen molar-refractivity contribution in [3.05, 3.63) is 42.0 Å². The molecule has 1 amide bonds. The topological polar surface area (TPSA) is 57.6 Å². The van der Waals surface area contributed by atoms with Gasteiger partial charge in [0, 0.05) is 18.3 Å². The molecule has 0 bridgehead atoms. The average molecular weight is 247 g/mol. The molecule has 0 unspecified atom stereocenters. The summed E-state index contributed by atoms with van der Waals surface area (Å²) in [6.45, 7) is 3.83. The summed E-state index contributed by atoms with van der Waals surface area (Å²) in [5, 5.41) is 8.72. The zero-order valence-electron chi connectivity index (χ0n) is 10.6. The number of hydrogen-bond acceptors (Lipinski definition) is 2. The third kappa shape index (κ3) is 4.41. The SMILES string of the molecule is CC(C)=CC(=O)N(CCC(=O)O)c1ccccc1. The van der Waals surface area contributed by atoms with Crippen LogP contribution in [-0.2, 0) is 9.59 Å². The molecule has 0 atom stereocenters. The van der Waals surface area contributed by atoms with Gasteiger partial charge in [-0.1, -0.05) is 23.8 Å². The van der Waals surface area contributed by atoms with Crippen molar-refractivity contribution >= 4 is 17.6 Å². The van der Waals surface area contributed by atoms with E-state index in [0.717, 1.165) is 5.57 Å². The Kier molecular flexibility index (Phi) is 5.11. The lowest BCUT2D eigenvalue weighted by Gasteiger charge is -2.20. The fourth-order valence-electron chi connectivity index (χ4n) is 1.51. The van der Waals surface area contributed by atoms with Crippen LogP contribution in [0.3, 0.4) is 0 Å². The summed E-state index contributed by atoms with van der Waals surface area (Å²) in [5.41, 5.74) is 1.59. The molecule has 0 spiro atoms. The quantitative estimate of drug-likeness (QED) is 0.813. The largest absolute Gasteiger partial charge is 0.481 e. The van der Waals surface area contributed by atoms with E-state index >= 15 is 0 Å². The van der Waals surface area contributed by atoms with Gasteiger partial charge in [-0.25, -0.2) is 0 Å². The summed E-state index contributed by atoms with van der Waals surface area (Å²) in [6, 6.07) is 9.07. The Balaban J connectivity index is 2.92. The van der Waals surface area contributed by atoms with Crippen LogP contribution in [0, 0.1) is 0 Å². The van der Waals surface area contributed by atoms with Crippen LogP contribution < -0.4 is 4.90 Å².